The lowest BCUT2D eigenvalue weighted by molar-refractivity contribution is -0.116. The molecule has 1 heterocycles. The van der Waals surface area contributed by atoms with Gasteiger partial charge in [-0.05, 0) is 36.2 Å². The third-order valence-corrected chi connectivity index (χ3v) is 4.03. The van der Waals surface area contributed by atoms with Gasteiger partial charge in [0.05, 0.1) is 13.3 Å². The normalized spacial score (nSPS) is 10.8. The fourth-order valence-corrected chi connectivity index (χ4v) is 2.62. The number of methoxy groups -OCH3 is 1. The van der Waals surface area contributed by atoms with Crippen LogP contribution in [0.25, 0.3) is 22.1 Å². The van der Waals surface area contributed by atoms with Crippen LogP contribution in [0.5, 0.6) is 5.75 Å². The average molecular weight is 310 g/mol. The van der Waals surface area contributed by atoms with E-state index in [-0.39, 0.29) is 5.91 Å². The molecule has 3 rings (SSSR count). The van der Waals surface area contributed by atoms with Crippen LogP contribution in [-0.2, 0) is 4.79 Å². The molecule has 0 bridgehead atoms. The van der Waals surface area contributed by atoms with Gasteiger partial charge in [0.15, 0.2) is 5.58 Å². The fraction of sp³-hybridized carbons (Fsp3) is 0.222. The van der Waals surface area contributed by atoms with E-state index < -0.39 is 0 Å². The van der Waals surface area contributed by atoms with Gasteiger partial charge in [0.2, 0.25) is 5.91 Å². The molecule has 0 aliphatic rings. The van der Waals surface area contributed by atoms with E-state index in [1.807, 2.05) is 37.3 Å². The van der Waals surface area contributed by atoms with Crippen LogP contribution >= 0.6 is 0 Å². The van der Waals surface area contributed by atoms with Crippen molar-refractivity contribution in [2.45, 2.75) is 13.8 Å². The van der Waals surface area contributed by atoms with Gasteiger partial charge in [-0.1, -0.05) is 11.2 Å². The summed E-state index contributed by atoms with van der Waals surface area (Å²) >= 11 is 0. The molecule has 0 fully saturated rings. The maximum absolute atomic E-state index is 11.5. The maximum Gasteiger partial charge on any atom is 0.223 e. The van der Waals surface area contributed by atoms with Gasteiger partial charge >= 0.3 is 0 Å². The smallest absolute Gasteiger partial charge is 0.223 e. The summed E-state index contributed by atoms with van der Waals surface area (Å²) < 4.78 is 10.7. The summed E-state index contributed by atoms with van der Waals surface area (Å²) in [4.78, 5) is 13.1. The summed E-state index contributed by atoms with van der Waals surface area (Å²) in [5.74, 6) is 0.727. The Morgan fingerprint density at radius 1 is 1.22 bits per heavy atom. The third-order valence-electron chi connectivity index (χ3n) is 4.03. The monoisotopic (exact) mass is 310 g/mol. The molecule has 0 aliphatic heterocycles. The van der Waals surface area contributed by atoms with Crippen LogP contribution in [0.3, 0.4) is 0 Å². The summed E-state index contributed by atoms with van der Waals surface area (Å²) in [6.07, 6.45) is 1.69. The molecule has 118 valence electrons. The van der Waals surface area contributed by atoms with E-state index in [2.05, 4.69) is 5.16 Å². The van der Waals surface area contributed by atoms with Gasteiger partial charge < -0.3 is 14.2 Å². The topological polar surface area (TPSA) is 55.6 Å². The van der Waals surface area contributed by atoms with Crippen molar-refractivity contribution in [1.82, 2.24) is 5.16 Å². The second-order valence-electron chi connectivity index (χ2n) is 5.49. The lowest BCUT2D eigenvalue weighted by Crippen LogP contribution is -2.22. The van der Waals surface area contributed by atoms with E-state index in [4.69, 9.17) is 9.26 Å². The number of benzene rings is 2. The van der Waals surface area contributed by atoms with Gasteiger partial charge in [-0.25, -0.2) is 0 Å². The fourth-order valence-electron chi connectivity index (χ4n) is 2.62. The van der Waals surface area contributed by atoms with Gasteiger partial charge in [0.1, 0.15) is 5.75 Å². The van der Waals surface area contributed by atoms with E-state index in [0.29, 0.717) is 5.58 Å². The number of nitrogens with zero attached hydrogens (tertiary/aromatic N) is 2. The number of hydrogen-bond acceptors (Lipinski definition) is 4. The van der Waals surface area contributed by atoms with Crippen LogP contribution in [-0.4, -0.2) is 25.2 Å². The maximum atomic E-state index is 11.5. The Balaban J connectivity index is 2.13. The Labute approximate surface area is 134 Å². The molecule has 1 amide bonds. The number of carbonyl (C=O) groups is 1. The number of hydrogen-bond donors (Lipinski definition) is 0. The molecule has 0 saturated carbocycles. The van der Waals surface area contributed by atoms with Crippen molar-refractivity contribution in [1.29, 1.82) is 0 Å². The van der Waals surface area contributed by atoms with E-state index in [1.54, 1.807) is 32.2 Å². The summed E-state index contributed by atoms with van der Waals surface area (Å²) in [6.45, 7) is 3.57. The van der Waals surface area contributed by atoms with Crippen molar-refractivity contribution in [2.24, 2.45) is 0 Å². The average Bonchev–Trinajstić information content (AvgIpc) is 2.99. The Kier molecular flexibility index (Phi) is 3.78. The van der Waals surface area contributed by atoms with Crippen molar-refractivity contribution in [2.75, 3.05) is 19.1 Å². The summed E-state index contributed by atoms with van der Waals surface area (Å²) in [5, 5.41) is 4.74. The number of amides is 1. The highest BCUT2D eigenvalue weighted by Crippen LogP contribution is 2.36. The zero-order valence-corrected chi connectivity index (χ0v) is 13.6. The number of fused-ring (bicyclic) bond motifs is 1. The van der Waals surface area contributed by atoms with E-state index in [1.165, 1.54) is 0 Å². The third kappa shape index (κ3) is 2.65. The van der Waals surface area contributed by atoms with Crippen molar-refractivity contribution in [3.8, 4) is 16.9 Å². The van der Waals surface area contributed by atoms with Crippen molar-refractivity contribution in [3.63, 3.8) is 0 Å². The zero-order valence-electron chi connectivity index (χ0n) is 13.6. The molecule has 0 unspecified atom stereocenters. The Morgan fingerprint density at radius 2 is 2.00 bits per heavy atom. The largest absolute Gasteiger partial charge is 0.496 e. The molecular weight excluding hydrogens is 292 g/mol. The highest BCUT2D eigenvalue weighted by Gasteiger charge is 2.14. The number of anilines is 1. The number of ether oxygens (including phenoxy) is 1. The molecule has 2 aromatic carbocycles. The Morgan fingerprint density at radius 3 is 2.65 bits per heavy atom. The van der Waals surface area contributed by atoms with Gasteiger partial charge in [-0.2, -0.15) is 0 Å². The molecule has 0 N–H and O–H groups in total. The number of aromatic nitrogens is 1. The Bertz CT molecular complexity index is 883. The lowest BCUT2D eigenvalue weighted by Gasteiger charge is -2.18. The van der Waals surface area contributed by atoms with Gasteiger partial charge in [-0.3, -0.25) is 4.79 Å². The van der Waals surface area contributed by atoms with Crippen LogP contribution in [0.2, 0.25) is 0 Å². The second-order valence-corrected chi connectivity index (χ2v) is 5.49. The minimum Gasteiger partial charge on any atom is -0.496 e. The van der Waals surface area contributed by atoms with Crippen molar-refractivity contribution in [3.05, 3.63) is 42.1 Å². The van der Waals surface area contributed by atoms with Gasteiger partial charge in [-0.15, -0.1) is 0 Å². The second kappa shape index (κ2) is 5.76. The molecule has 5 nitrogen and oxygen atoms in total. The van der Waals surface area contributed by atoms with Crippen LogP contribution in [0.15, 0.2) is 41.1 Å². The van der Waals surface area contributed by atoms with E-state index in [9.17, 15) is 4.79 Å². The van der Waals surface area contributed by atoms with Crippen LogP contribution in [0.4, 0.5) is 5.69 Å². The van der Waals surface area contributed by atoms with E-state index >= 15 is 0 Å². The predicted molar refractivity (Wildman–Crippen MR) is 89.8 cm³/mol. The standard InChI is InChI=1S/C18H18N2O3/c1-11-7-14(20(3)12(2)21)5-6-15(11)16-8-13-10-19-23-17(13)9-18(16)22-4/h5-10H,1-4H3. The summed E-state index contributed by atoms with van der Waals surface area (Å²) in [5.41, 5.74) is 4.63. The minimum atomic E-state index is 0.000576. The number of aryl methyl sites for hydroxylation is 1. The van der Waals surface area contributed by atoms with E-state index in [0.717, 1.165) is 33.5 Å². The van der Waals surface area contributed by atoms with Crippen LogP contribution in [0, 0.1) is 6.92 Å². The molecule has 0 atom stereocenters. The first-order chi connectivity index (χ1) is 11.0. The highest BCUT2D eigenvalue weighted by molar-refractivity contribution is 5.92. The molecular formula is C18H18N2O3. The molecule has 0 radical (unpaired) electrons. The minimum absolute atomic E-state index is 0.000576. The first-order valence-corrected chi connectivity index (χ1v) is 7.29. The molecule has 5 heteroatoms. The number of rotatable bonds is 3. The van der Waals surface area contributed by atoms with Crippen LogP contribution in [0.1, 0.15) is 12.5 Å². The molecule has 3 aromatic rings. The SMILES string of the molecule is COc1cc2oncc2cc1-c1ccc(N(C)C(C)=O)cc1C. The van der Waals surface area contributed by atoms with Crippen molar-refractivity contribution >= 4 is 22.6 Å². The summed E-state index contributed by atoms with van der Waals surface area (Å²) in [6, 6.07) is 9.77. The quantitative estimate of drug-likeness (QED) is 0.738. The molecule has 1 aromatic heterocycles. The zero-order chi connectivity index (χ0) is 16.6. The molecule has 0 saturated heterocycles. The molecule has 23 heavy (non-hydrogen) atoms. The molecule has 0 aliphatic carbocycles. The summed E-state index contributed by atoms with van der Waals surface area (Å²) in [7, 11) is 3.40. The predicted octanol–water partition coefficient (Wildman–Crippen LogP) is 3.79. The first kappa shape index (κ1) is 15.1. The van der Waals surface area contributed by atoms with Crippen molar-refractivity contribution < 1.29 is 14.1 Å². The molecule has 0 spiro atoms. The number of carbonyl (C=O) groups excluding carboxylic acids is 1. The van der Waals surface area contributed by atoms with Gasteiger partial charge in [0.25, 0.3) is 0 Å². The van der Waals surface area contributed by atoms with Crippen LogP contribution < -0.4 is 9.64 Å². The lowest BCUT2D eigenvalue weighted by atomic mass is 9.98. The first-order valence-electron chi connectivity index (χ1n) is 7.29. The highest BCUT2D eigenvalue weighted by atomic mass is 16.5. The van der Waals surface area contributed by atoms with Gasteiger partial charge in [0, 0.05) is 36.7 Å². The Hall–Kier alpha value is -2.82.